The lowest BCUT2D eigenvalue weighted by atomic mass is 10.1. The third-order valence-electron chi connectivity index (χ3n) is 3.63. The molecule has 1 atom stereocenters. The van der Waals surface area contributed by atoms with E-state index in [0.29, 0.717) is 11.4 Å². The van der Waals surface area contributed by atoms with Crippen LogP contribution >= 0.6 is 0 Å². The van der Waals surface area contributed by atoms with Gasteiger partial charge in [0.15, 0.2) is 5.82 Å². The van der Waals surface area contributed by atoms with Crippen LogP contribution in [0.5, 0.6) is 0 Å². The lowest BCUT2D eigenvalue weighted by Crippen LogP contribution is -2.12. The second-order valence-electron chi connectivity index (χ2n) is 4.92. The Bertz CT molecular complexity index is 555. The molecule has 1 N–H and O–H groups in total. The van der Waals surface area contributed by atoms with Gasteiger partial charge in [-0.25, -0.2) is 9.37 Å². The molecule has 0 aliphatic carbocycles. The van der Waals surface area contributed by atoms with Crippen molar-refractivity contribution in [3.8, 4) is 0 Å². The smallest absolute Gasteiger partial charge is 0.151 e. The summed E-state index contributed by atoms with van der Waals surface area (Å²) in [6.45, 7) is 5.03. The maximum absolute atomic E-state index is 13.8. The number of para-hydroxylation sites is 1. The molecule has 3 rings (SSSR count). The molecule has 2 aromatic rings. The Morgan fingerprint density at radius 3 is 3.11 bits per heavy atom. The van der Waals surface area contributed by atoms with Crippen LogP contribution in [0.2, 0.25) is 0 Å². The summed E-state index contributed by atoms with van der Waals surface area (Å²) in [6, 6.07) is 5.22. The van der Waals surface area contributed by atoms with Crippen molar-refractivity contribution in [1.29, 1.82) is 0 Å². The van der Waals surface area contributed by atoms with E-state index >= 15 is 0 Å². The van der Waals surface area contributed by atoms with Gasteiger partial charge in [-0.15, -0.1) is 0 Å². The van der Waals surface area contributed by atoms with Crippen LogP contribution in [0.4, 0.5) is 4.39 Å². The molecule has 1 saturated heterocycles. The Morgan fingerprint density at radius 1 is 1.50 bits per heavy atom. The molecular weight excluding hydrogens is 229 g/mol. The first-order chi connectivity index (χ1) is 8.81. The van der Waals surface area contributed by atoms with Crippen molar-refractivity contribution in [3.05, 3.63) is 29.8 Å². The van der Waals surface area contributed by atoms with Crippen molar-refractivity contribution < 1.29 is 4.39 Å². The second kappa shape index (κ2) is 4.69. The minimum Gasteiger partial charge on any atom is -0.328 e. The van der Waals surface area contributed by atoms with E-state index in [1.165, 1.54) is 6.07 Å². The summed E-state index contributed by atoms with van der Waals surface area (Å²) >= 11 is 0. The van der Waals surface area contributed by atoms with E-state index in [-0.39, 0.29) is 5.82 Å². The third kappa shape index (κ3) is 1.81. The molecule has 1 aliphatic rings. The molecule has 96 valence electrons. The van der Waals surface area contributed by atoms with Crippen LogP contribution in [-0.2, 0) is 6.54 Å². The van der Waals surface area contributed by atoms with Gasteiger partial charge in [0, 0.05) is 19.0 Å². The van der Waals surface area contributed by atoms with Crippen LogP contribution in [0.25, 0.3) is 11.0 Å². The number of rotatable bonds is 3. The van der Waals surface area contributed by atoms with Crippen molar-refractivity contribution in [2.24, 2.45) is 0 Å². The van der Waals surface area contributed by atoms with Gasteiger partial charge in [-0.05, 0) is 31.5 Å². The quantitative estimate of drug-likeness (QED) is 0.903. The highest BCUT2D eigenvalue weighted by atomic mass is 19.1. The Labute approximate surface area is 106 Å². The minimum atomic E-state index is -0.213. The van der Waals surface area contributed by atoms with Crippen LogP contribution < -0.4 is 5.32 Å². The predicted octanol–water partition coefficient (Wildman–Crippen LogP) is 2.66. The zero-order valence-corrected chi connectivity index (χ0v) is 10.6. The highest BCUT2D eigenvalue weighted by Gasteiger charge is 2.23. The first-order valence-corrected chi connectivity index (χ1v) is 6.66. The molecule has 4 heteroatoms. The molecule has 3 nitrogen and oxygen atoms in total. The van der Waals surface area contributed by atoms with Gasteiger partial charge in [-0.3, -0.25) is 0 Å². The number of fused-ring (bicyclic) bond motifs is 1. The fraction of sp³-hybridized carbons (Fsp3) is 0.500. The average Bonchev–Trinajstić information content (AvgIpc) is 2.98. The summed E-state index contributed by atoms with van der Waals surface area (Å²) in [5, 5.41) is 3.35. The highest BCUT2D eigenvalue weighted by Crippen LogP contribution is 2.27. The Hall–Kier alpha value is -1.42. The lowest BCUT2D eigenvalue weighted by molar-refractivity contribution is 0.600. The summed E-state index contributed by atoms with van der Waals surface area (Å²) in [6.07, 6.45) is 2.13. The number of nitrogens with one attached hydrogen (secondary N) is 1. The third-order valence-corrected chi connectivity index (χ3v) is 3.63. The van der Waals surface area contributed by atoms with E-state index in [1.54, 1.807) is 6.07 Å². The van der Waals surface area contributed by atoms with Gasteiger partial charge in [0.25, 0.3) is 0 Å². The van der Waals surface area contributed by atoms with Gasteiger partial charge in [0.05, 0.1) is 5.52 Å². The molecule has 0 radical (unpaired) electrons. The molecule has 1 aromatic carbocycles. The SMILES string of the molecule is CCCn1c(C2CCNC2)nc2c(F)cccc21. The molecule has 0 bridgehead atoms. The van der Waals surface area contributed by atoms with Gasteiger partial charge >= 0.3 is 0 Å². The fourth-order valence-corrected chi connectivity index (χ4v) is 2.78. The number of aromatic nitrogens is 2. The van der Waals surface area contributed by atoms with E-state index in [0.717, 1.165) is 43.8 Å². The Kier molecular flexibility index (Phi) is 3.04. The molecule has 0 spiro atoms. The number of benzene rings is 1. The second-order valence-corrected chi connectivity index (χ2v) is 4.92. The van der Waals surface area contributed by atoms with Crippen LogP contribution in [0.3, 0.4) is 0 Å². The van der Waals surface area contributed by atoms with E-state index in [1.807, 2.05) is 6.07 Å². The number of hydrogen-bond donors (Lipinski definition) is 1. The fourth-order valence-electron chi connectivity index (χ4n) is 2.78. The number of nitrogens with zero attached hydrogens (tertiary/aromatic N) is 2. The van der Waals surface area contributed by atoms with Crippen LogP contribution in [0.15, 0.2) is 18.2 Å². The topological polar surface area (TPSA) is 29.9 Å². The van der Waals surface area contributed by atoms with Crippen LogP contribution in [0, 0.1) is 5.82 Å². The zero-order chi connectivity index (χ0) is 12.5. The highest BCUT2D eigenvalue weighted by molar-refractivity contribution is 5.76. The van der Waals surface area contributed by atoms with Crippen molar-refractivity contribution in [2.45, 2.75) is 32.2 Å². The molecule has 0 amide bonds. The van der Waals surface area contributed by atoms with Crippen LogP contribution in [-0.4, -0.2) is 22.6 Å². The van der Waals surface area contributed by atoms with Crippen molar-refractivity contribution in [2.75, 3.05) is 13.1 Å². The maximum Gasteiger partial charge on any atom is 0.151 e. The molecule has 1 fully saturated rings. The Morgan fingerprint density at radius 2 is 2.39 bits per heavy atom. The number of halogens is 1. The molecule has 0 saturated carbocycles. The van der Waals surface area contributed by atoms with Crippen molar-refractivity contribution >= 4 is 11.0 Å². The number of aryl methyl sites for hydroxylation is 1. The zero-order valence-electron chi connectivity index (χ0n) is 10.6. The summed E-state index contributed by atoms with van der Waals surface area (Å²) in [5.74, 6) is 1.25. The normalized spacial score (nSPS) is 19.8. The summed E-state index contributed by atoms with van der Waals surface area (Å²) in [4.78, 5) is 4.56. The van der Waals surface area contributed by atoms with E-state index < -0.39 is 0 Å². The van der Waals surface area contributed by atoms with Gasteiger partial charge in [0.2, 0.25) is 0 Å². The Balaban J connectivity index is 2.16. The summed E-state index contributed by atoms with van der Waals surface area (Å²) in [7, 11) is 0. The lowest BCUT2D eigenvalue weighted by Gasteiger charge is -2.12. The van der Waals surface area contributed by atoms with Gasteiger partial charge in [-0.1, -0.05) is 13.0 Å². The van der Waals surface area contributed by atoms with Gasteiger partial charge in [-0.2, -0.15) is 0 Å². The predicted molar refractivity (Wildman–Crippen MR) is 70.2 cm³/mol. The molecular formula is C14H18FN3. The molecule has 2 heterocycles. The number of hydrogen-bond acceptors (Lipinski definition) is 2. The van der Waals surface area contributed by atoms with Crippen LogP contribution in [0.1, 0.15) is 31.5 Å². The standard InChI is InChI=1S/C14H18FN3/c1-2-8-18-12-5-3-4-11(15)13(12)17-14(18)10-6-7-16-9-10/h3-5,10,16H,2,6-9H2,1H3. The van der Waals surface area contributed by atoms with Crippen molar-refractivity contribution in [1.82, 2.24) is 14.9 Å². The molecule has 1 aromatic heterocycles. The van der Waals surface area contributed by atoms with Crippen molar-refractivity contribution in [3.63, 3.8) is 0 Å². The molecule has 18 heavy (non-hydrogen) atoms. The number of imidazole rings is 1. The average molecular weight is 247 g/mol. The molecule has 1 unspecified atom stereocenters. The van der Waals surface area contributed by atoms with E-state index in [9.17, 15) is 4.39 Å². The van der Waals surface area contributed by atoms with E-state index in [4.69, 9.17) is 0 Å². The van der Waals surface area contributed by atoms with E-state index in [2.05, 4.69) is 21.8 Å². The summed E-state index contributed by atoms with van der Waals surface area (Å²) in [5.41, 5.74) is 1.45. The van der Waals surface area contributed by atoms with Gasteiger partial charge in [0.1, 0.15) is 11.3 Å². The monoisotopic (exact) mass is 247 g/mol. The largest absolute Gasteiger partial charge is 0.328 e. The minimum absolute atomic E-state index is 0.213. The maximum atomic E-state index is 13.8. The first kappa shape index (κ1) is 11.7. The molecule has 1 aliphatic heterocycles. The first-order valence-electron chi connectivity index (χ1n) is 6.66. The summed E-state index contributed by atoms with van der Waals surface area (Å²) < 4.78 is 16.0. The van der Waals surface area contributed by atoms with Gasteiger partial charge < -0.3 is 9.88 Å².